The topological polar surface area (TPSA) is 92.3 Å². The van der Waals surface area contributed by atoms with Gasteiger partial charge in [-0.25, -0.2) is 21.6 Å². The molecular weight excluding hydrogens is 264 g/mol. The minimum Gasteiger partial charge on any atom is -0.316 e. The molecule has 0 aliphatic carbocycles. The van der Waals surface area contributed by atoms with Crippen LogP contribution in [0.15, 0.2) is 0 Å². The van der Waals surface area contributed by atoms with Gasteiger partial charge in [-0.1, -0.05) is 0 Å². The molecule has 1 aliphatic rings. The summed E-state index contributed by atoms with van der Waals surface area (Å²) in [7, 11) is -7.20. The van der Waals surface area contributed by atoms with E-state index in [1.54, 1.807) is 0 Å². The van der Waals surface area contributed by atoms with Gasteiger partial charge in [0.05, 0.1) is 0 Å². The van der Waals surface area contributed by atoms with Crippen LogP contribution in [0.3, 0.4) is 0 Å². The van der Waals surface area contributed by atoms with Gasteiger partial charge < -0.3 is 5.32 Å². The number of sulfone groups is 1. The summed E-state index contributed by atoms with van der Waals surface area (Å²) in [5.74, 6) is 0.477. The van der Waals surface area contributed by atoms with Crippen molar-refractivity contribution in [2.45, 2.75) is 19.3 Å². The predicted octanol–water partition coefficient (Wildman–Crippen LogP) is -0.702. The van der Waals surface area contributed by atoms with E-state index in [9.17, 15) is 16.8 Å². The molecule has 1 heterocycles. The fourth-order valence-corrected chi connectivity index (χ4v) is 4.93. The molecule has 1 fully saturated rings. The van der Waals surface area contributed by atoms with E-state index in [2.05, 4.69) is 10.0 Å². The zero-order chi connectivity index (χ0) is 12.9. The Bertz CT molecular complexity index is 424. The van der Waals surface area contributed by atoms with Crippen molar-refractivity contribution >= 4 is 19.9 Å². The molecule has 2 N–H and O–H groups in total. The Balaban J connectivity index is 2.30. The molecule has 0 bridgehead atoms. The minimum absolute atomic E-state index is 0.310. The third-order valence-electron chi connectivity index (χ3n) is 2.64. The van der Waals surface area contributed by atoms with Crippen LogP contribution in [0.2, 0.25) is 0 Å². The van der Waals surface area contributed by atoms with E-state index in [0.717, 1.165) is 38.6 Å². The molecule has 1 rings (SSSR count). The molecule has 1 aliphatic heterocycles. The Morgan fingerprint density at radius 2 is 2.00 bits per heavy atom. The van der Waals surface area contributed by atoms with E-state index in [0.29, 0.717) is 12.5 Å². The highest BCUT2D eigenvalue weighted by Crippen LogP contribution is 2.13. The lowest BCUT2D eigenvalue weighted by Crippen LogP contribution is -2.34. The molecule has 8 heteroatoms. The summed E-state index contributed by atoms with van der Waals surface area (Å²) < 4.78 is 46.9. The SMILES string of the molecule is CS(=O)(=O)CS(=O)(=O)NCCC1CCCNC1. The number of sulfonamides is 1. The Kier molecular flexibility index (Phi) is 5.36. The van der Waals surface area contributed by atoms with Crippen molar-refractivity contribution in [2.75, 3.05) is 31.0 Å². The van der Waals surface area contributed by atoms with Gasteiger partial charge in [0.2, 0.25) is 10.0 Å². The summed E-state index contributed by atoms with van der Waals surface area (Å²) >= 11 is 0. The lowest BCUT2D eigenvalue weighted by Gasteiger charge is -2.22. The zero-order valence-electron chi connectivity index (χ0n) is 9.98. The van der Waals surface area contributed by atoms with Crippen LogP contribution in [0.4, 0.5) is 0 Å². The number of piperidine rings is 1. The number of hydrogen-bond acceptors (Lipinski definition) is 5. The fourth-order valence-electron chi connectivity index (χ4n) is 1.91. The predicted molar refractivity (Wildman–Crippen MR) is 66.8 cm³/mol. The molecule has 1 atom stereocenters. The maximum absolute atomic E-state index is 11.4. The van der Waals surface area contributed by atoms with Crippen LogP contribution < -0.4 is 10.0 Å². The van der Waals surface area contributed by atoms with Gasteiger partial charge in [-0.05, 0) is 38.3 Å². The largest absolute Gasteiger partial charge is 0.316 e. The van der Waals surface area contributed by atoms with E-state index in [4.69, 9.17) is 0 Å². The van der Waals surface area contributed by atoms with Crippen molar-refractivity contribution in [3.8, 4) is 0 Å². The van der Waals surface area contributed by atoms with E-state index in [1.165, 1.54) is 0 Å². The Morgan fingerprint density at radius 1 is 1.29 bits per heavy atom. The monoisotopic (exact) mass is 284 g/mol. The van der Waals surface area contributed by atoms with Gasteiger partial charge in [0, 0.05) is 12.8 Å². The number of rotatable bonds is 6. The Labute approximate surface area is 103 Å². The second kappa shape index (κ2) is 6.12. The van der Waals surface area contributed by atoms with Crippen molar-refractivity contribution in [2.24, 2.45) is 5.92 Å². The third-order valence-corrected chi connectivity index (χ3v) is 6.24. The van der Waals surface area contributed by atoms with Crippen LogP contribution in [0.5, 0.6) is 0 Å². The quantitative estimate of drug-likeness (QED) is 0.673. The highest BCUT2D eigenvalue weighted by Gasteiger charge is 2.18. The minimum atomic E-state index is -3.70. The van der Waals surface area contributed by atoms with Crippen LogP contribution in [-0.4, -0.2) is 47.8 Å². The van der Waals surface area contributed by atoms with Crippen LogP contribution in [0.25, 0.3) is 0 Å². The van der Waals surface area contributed by atoms with Gasteiger partial charge in [0.25, 0.3) is 0 Å². The molecule has 102 valence electrons. The number of hydrogen-bond donors (Lipinski definition) is 2. The summed E-state index contributed by atoms with van der Waals surface area (Å²) in [5.41, 5.74) is 0. The molecule has 0 spiro atoms. The van der Waals surface area contributed by atoms with Crippen LogP contribution in [0, 0.1) is 5.92 Å². The van der Waals surface area contributed by atoms with E-state index < -0.39 is 24.9 Å². The zero-order valence-corrected chi connectivity index (χ0v) is 11.6. The summed E-state index contributed by atoms with van der Waals surface area (Å²) in [6.07, 6.45) is 3.87. The first-order chi connectivity index (χ1) is 7.79. The van der Waals surface area contributed by atoms with Gasteiger partial charge in [-0.15, -0.1) is 0 Å². The summed E-state index contributed by atoms with van der Waals surface area (Å²) in [6.45, 7) is 2.24. The van der Waals surface area contributed by atoms with Crippen molar-refractivity contribution in [3.63, 3.8) is 0 Å². The smallest absolute Gasteiger partial charge is 0.226 e. The van der Waals surface area contributed by atoms with Crippen molar-refractivity contribution in [1.82, 2.24) is 10.0 Å². The lowest BCUT2D eigenvalue weighted by molar-refractivity contribution is 0.358. The van der Waals surface area contributed by atoms with Gasteiger partial charge in [-0.3, -0.25) is 0 Å². The molecule has 17 heavy (non-hydrogen) atoms. The average Bonchev–Trinajstić information content (AvgIpc) is 2.15. The highest BCUT2D eigenvalue weighted by atomic mass is 32.3. The molecule has 0 aromatic heterocycles. The van der Waals surface area contributed by atoms with Crippen LogP contribution in [-0.2, 0) is 19.9 Å². The van der Waals surface area contributed by atoms with Crippen molar-refractivity contribution in [3.05, 3.63) is 0 Å². The molecule has 0 aromatic rings. The second-order valence-corrected chi connectivity index (χ2v) is 8.87. The molecule has 1 saturated heterocycles. The first-order valence-electron chi connectivity index (χ1n) is 5.64. The summed E-state index contributed by atoms with van der Waals surface area (Å²) in [5, 5.41) is 2.42. The van der Waals surface area contributed by atoms with Gasteiger partial charge in [-0.2, -0.15) is 0 Å². The van der Waals surface area contributed by atoms with Gasteiger partial charge in [0.15, 0.2) is 14.9 Å². The maximum Gasteiger partial charge on any atom is 0.226 e. The first-order valence-corrected chi connectivity index (χ1v) is 9.35. The molecule has 6 nitrogen and oxygen atoms in total. The lowest BCUT2D eigenvalue weighted by atomic mass is 9.96. The van der Waals surface area contributed by atoms with Crippen molar-refractivity contribution < 1.29 is 16.8 Å². The maximum atomic E-state index is 11.4. The molecule has 1 unspecified atom stereocenters. The molecule has 0 radical (unpaired) electrons. The third kappa shape index (κ3) is 6.97. The Hall–Kier alpha value is -0.180. The Morgan fingerprint density at radius 3 is 2.53 bits per heavy atom. The second-order valence-electron chi connectivity index (χ2n) is 4.55. The van der Waals surface area contributed by atoms with Gasteiger partial charge >= 0.3 is 0 Å². The average molecular weight is 284 g/mol. The normalized spacial score (nSPS) is 22.5. The molecule has 0 amide bonds. The molecule has 0 aromatic carbocycles. The number of nitrogens with one attached hydrogen (secondary N) is 2. The van der Waals surface area contributed by atoms with E-state index >= 15 is 0 Å². The summed E-state index contributed by atoms with van der Waals surface area (Å²) in [6, 6.07) is 0. The molecular formula is C9H20N2O4S2. The standard InChI is InChI=1S/C9H20N2O4S2/c1-16(12,13)8-17(14,15)11-6-4-9-3-2-5-10-7-9/h9-11H,2-8H2,1H3. The fraction of sp³-hybridized carbons (Fsp3) is 1.00. The van der Waals surface area contributed by atoms with E-state index in [-0.39, 0.29) is 0 Å². The summed E-state index contributed by atoms with van der Waals surface area (Å²) in [4.78, 5) is 0. The van der Waals surface area contributed by atoms with Crippen LogP contribution in [0.1, 0.15) is 19.3 Å². The van der Waals surface area contributed by atoms with E-state index in [1.807, 2.05) is 0 Å². The molecule has 0 saturated carbocycles. The van der Waals surface area contributed by atoms with Crippen molar-refractivity contribution in [1.29, 1.82) is 0 Å². The first kappa shape index (κ1) is 14.9. The highest BCUT2D eigenvalue weighted by molar-refractivity contribution is 8.06. The van der Waals surface area contributed by atoms with Gasteiger partial charge in [0.1, 0.15) is 0 Å². The van der Waals surface area contributed by atoms with Crippen LogP contribution >= 0.6 is 0 Å².